The number of rotatable bonds is 0. The van der Waals surface area contributed by atoms with Gasteiger partial charge in [-0.15, -0.1) is 0 Å². The SMILES string of the molecule is CC.Cc1ncnc2c1SNN2. The maximum Gasteiger partial charge on any atom is 0.159 e. The van der Waals surface area contributed by atoms with Gasteiger partial charge in [-0.25, -0.2) is 9.97 Å². The van der Waals surface area contributed by atoms with E-state index >= 15 is 0 Å². The summed E-state index contributed by atoms with van der Waals surface area (Å²) in [6, 6.07) is 0. The minimum atomic E-state index is 0.873. The molecule has 2 N–H and O–H groups in total. The predicted octanol–water partition coefficient (Wildman–Crippen LogP) is 1.75. The molecule has 0 aromatic carbocycles. The van der Waals surface area contributed by atoms with Gasteiger partial charge in [-0.1, -0.05) is 13.8 Å². The minimum absolute atomic E-state index is 0.873. The quantitative estimate of drug-likeness (QED) is 0.601. The third kappa shape index (κ3) is 1.67. The number of anilines is 1. The Morgan fingerprint density at radius 1 is 1.33 bits per heavy atom. The van der Waals surface area contributed by atoms with E-state index < -0.39 is 0 Å². The highest BCUT2D eigenvalue weighted by Gasteiger charge is 2.13. The van der Waals surface area contributed by atoms with Crippen LogP contribution in [0.4, 0.5) is 5.82 Å². The zero-order chi connectivity index (χ0) is 8.97. The average molecular weight is 184 g/mol. The minimum Gasteiger partial charge on any atom is -0.295 e. The third-order valence-corrected chi connectivity index (χ3v) is 2.20. The number of hydrogen-bond acceptors (Lipinski definition) is 5. The zero-order valence-corrected chi connectivity index (χ0v) is 8.20. The monoisotopic (exact) mass is 184 g/mol. The summed E-state index contributed by atoms with van der Waals surface area (Å²) in [7, 11) is 0. The van der Waals surface area contributed by atoms with Crippen LogP contribution in [-0.2, 0) is 0 Å². The van der Waals surface area contributed by atoms with E-state index in [0.717, 1.165) is 16.4 Å². The van der Waals surface area contributed by atoms with Crippen molar-refractivity contribution in [2.45, 2.75) is 25.7 Å². The van der Waals surface area contributed by atoms with Gasteiger partial charge >= 0.3 is 0 Å². The van der Waals surface area contributed by atoms with Crippen molar-refractivity contribution in [2.24, 2.45) is 0 Å². The van der Waals surface area contributed by atoms with Gasteiger partial charge in [0.15, 0.2) is 5.82 Å². The van der Waals surface area contributed by atoms with Gasteiger partial charge in [-0.05, 0) is 18.9 Å². The van der Waals surface area contributed by atoms with E-state index in [2.05, 4.69) is 20.2 Å². The van der Waals surface area contributed by atoms with Gasteiger partial charge in [0.1, 0.15) is 6.33 Å². The van der Waals surface area contributed by atoms with Crippen LogP contribution < -0.4 is 10.3 Å². The molecular weight excluding hydrogens is 172 g/mol. The molecule has 0 bridgehead atoms. The molecule has 0 radical (unpaired) electrons. The maximum absolute atomic E-state index is 4.04. The van der Waals surface area contributed by atoms with Crippen molar-refractivity contribution in [3.63, 3.8) is 0 Å². The molecule has 2 rings (SSSR count). The first-order valence-electron chi connectivity index (χ1n) is 3.87. The second-order valence-corrected chi connectivity index (χ2v) is 2.78. The van der Waals surface area contributed by atoms with Crippen LogP contribution in [0.25, 0.3) is 0 Å². The summed E-state index contributed by atoms with van der Waals surface area (Å²) in [5.74, 6) is 0.873. The Kier molecular flexibility index (Phi) is 3.31. The van der Waals surface area contributed by atoms with Crippen LogP contribution in [0, 0.1) is 6.92 Å². The van der Waals surface area contributed by atoms with Gasteiger partial charge in [0, 0.05) is 0 Å². The Hall–Kier alpha value is -0.810. The van der Waals surface area contributed by atoms with Gasteiger partial charge in [-0.3, -0.25) is 5.43 Å². The fourth-order valence-electron chi connectivity index (χ4n) is 0.798. The summed E-state index contributed by atoms with van der Waals surface area (Å²) in [6.07, 6.45) is 1.55. The third-order valence-electron chi connectivity index (χ3n) is 1.30. The average Bonchev–Trinajstić information content (AvgIpc) is 2.57. The van der Waals surface area contributed by atoms with Crippen LogP contribution in [0.2, 0.25) is 0 Å². The molecule has 0 amide bonds. The van der Waals surface area contributed by atoms with Crippen molar-refractivity contribution in [3.05, 3.63) is 12.0 Å². The van der Waals surface area contributed by atoms with Gasteiger partial charge in [0.2, 0.25) is 0 Å². The second-order valence-electron chi connectivity index (χ2n) is 1.97. The van der Waals surface area contributed by atoms with E-state index in [1.165, 1.54) is 11.9 Å². The molecule has 0 spiro atoms. The number of aryl methyl sites for hydroxylation is 1. The number of fused-ring (bicyclic) bond motifs is 1. The molecule has 12 heavy (non-hydrogen) atoms. The summed E-state index contributed by atoms with van der Waals surface area (Å²) in [6.45, 7) is 5.96. The fraction of sp³-hybridized carbons (Fsp3) is 0.429. The first-order chi connectivity index (χ1) is 5.88. The number of aromatic nitrogens is 2. The first kappa shape index (κ1) is 9.28. The summed E-state index contributed by atoms with van der Waals surface area (Å²) in [5, 5.41) is 0. The molecule has 1 aliphatic heterocycles. The second kappa shape index (κ2) is 4.27. The molecular formula is C7H12N4S. The Labute approximate surface area is 76.3 Å². The molecule has 5 heteroatoms. The van der Waals surface area contributed by atoms with Crippen LogP contribution in [0.1, 0.15) is 19.5 Å². The first-order valence-corrected chi connectivity index (χ1v) is 4.69. The molecule has 0 saturated carbocycles. The summed E-state index contributed by atoms with van der Waals surface area (Å²) in [5.41, 5.74) is 3.91. The van der Waals surface area contributed by atoms with E-state index in [1.54, 1.807) is 6.33 Å². The van der Waals surface area contributed by atoms with Gasteiger partial charge in [0.05, 0.1) is 10.6 Å². The maximum atomic E-state index is 4.04. The van der Waals surface area contributed by atoms with Crippen LogP contribution in [0.3, 0.4) is 0 Å². The number of nitrogens with one attached hydrogen (secondary N) is 2. The van der Waals surface area contributed by atoms with Crippen molar-refractivity contribution < 1.29 is 0 Å². The molecule has 2 heterocycles. The lowest BCUT2D eigenvalue weighted by atomic mass is 10.4. The summed E-state index contributed by atoms with van der Waals surface area (Å²) >= 11 is 1.51. The highest BCUT2D eigenvalue weighted by atomic mass is 32.2. The topological polar surface area (TPSA) is 49.8 Å². The molecule has 0 aliphatic carbocycles. The van der Waals surface area contributed by atoms with Crippen molar-refractivity contribution >= 4 is 17.8 Å². The van der Waals surface area contributed by atoms with Crippen molar-refractivity contribution in [3.8, 4) is 0 Å². The van der Waals surface area contributed by atoms with Gasteiger partial charge in [-0.2, -0.15) is 4.83 Å². The molecule has 1 aliphatic rings. The Balaban J connectivity index is 0.000000336. The van der Waals surface area contributed by atoms with Gasteiger partial charge < -0.3 is 0 Å². The number of hydrazine groups is 1. The van der Waals surface area contributed by atoms with Crippen LogP contribution >= 0.6 is 11.9 Å². The Morgan fingerprint density at radius 3 is 2.75 bits per heavy atom. The Morgan fingerprint density at radius 2 is 2.08 bits per heavy atom. The van der Waals surface area contributed by atoms with Crippen LogP contribution in [-0.4, -0.2) is 9.97 Å². The molecule has 1 aromatic rings. The number of nitrogens with zero attached hydrogens (tertiary/aromatic N) is 2. The zero-order valence-electron chi connectivity index (χ0n) is 7.38. The van der Waals surface area contributed by atoms with Crippen molar-refractivity contribution in [1.82, 2.24) is 14.8 Å². The highest BCUT2D eigenvalue weighted by molar-refractivity contribution is 7.98. The van der Waals surface area contributed by atoms with Gasteiger partial charge in [0.25, 0.3) is 0 Å². The van der Waals surface area contributed by atoms with Crippen molar-refractivity contribution in [2.75, 3.05) is 5.43 Å². The summed E-state index contributed by atoms with van der Waals surface area (Å²) in [4.78, 5) is 12.0. The van der Waals surface area contributed by atoms with E-state index in [1.807, 2.05) is 20.8 Å². The lowest BCUT2D eigenvalue weighted by molar-refractivity contribution is 1.03. The smallest absolute Gasteiger partial charge is 0.159 e. The largest absolute Gasteiger partial charge is 0.295 e. The van der Waals surface area contributed by atoms with E-state index in [-0.39, 0.29) is 0 Å². The van der Waals surface area contributed by atoms with E-state index in [4.69, 9.17) is 0 Å². The molecule has 0 unspecified atom stereocenters. The van der Waals surface area contributed by atoms with Crippen LogP contribution in [0.5, 0.6) is 0 Å². The molecule has 0 atom stereocenters. The fourth-order valence-corrected chi connectivity index (χ4v) is 1.45. The molecule has 0 fully saturated rings. The lowest BCUT2D eigenvalue weighted by Crippen LogP contribution is -2.05. The predicted molar refractivity (Wildman–Crippen MR) is 50.7 cm³/mol. The summed E-state index contributed by atoms with van der Waals surface area (Å²) < 4.78 is 0. The Bertz CT molecular complexity index is 264. The van der Waals surface area contributed by atoms with Crippen LogP contribution in [0.15, 0.2) is 11.2 Å². The molecule has 0 saturated heterocycles. The molecule has 1 aromatic heterocycles. The van der Waals surface area contributed by atoms with E-state index in [0.29, 0.717) is 0 Å². The van der Waals surface area contributed by atoms with Crippen molar-refractivity contribution in [1.29, 1.82) is 0 Å². The number of hydrogen-bond donors (Lipinski definition) is 2. The highest BCUT2D eigenvalue weighted by Crippen LogP contribution is 2.29. The molecule has 4 nitrogen and oxygen atoms in total. The lowest BCUT2D eigenvalue weighted by Gasteiger charge is -1.95. The standard InChI is InChI=1S/C5H6N4S.C2H6/c1-3-4-5(7-2-6-3)8-9-10-4;1-2/h2,9H,1H3,(H,6,7,8);1-2H3. The van der Waals surface area contributed by atoms with E-state index in [9.17, 15) is 0 Å². The normalized spacial score (nSPS) is 12.6. The molecule has 66 valence electrons.